The number of aromatic nitrogens is 1. The lowest BCUT2D eigenvalue weighted by atomic mass is 10.1. The highest BCUT2D eigenvalue weighted by molar-refractivity contribution is 6.08. The van der Waals surface area contributed by atoms with Gasteiger partial charge in [0.05, 0.1) is 11.3 Å². The van der Waals surface area contributed by atoms with E-state index in [9.17, 15) is 22.8 Å². The number of aromatic amines is 1. The number of halogens is 3. The molecule has 168 valence electrons. The fraction of sp³-hybridized carbons (Fsp3) is 0.0833. The Bertz CT molecular complexity index is 1300. The van der Waals surface area contributed by atoms with E-state index in [1.807, 2.05) is 18.2 Å². The molecule has 1 heterocycles. The summed E-state index contributed by atoms with van der Waals surface area (Å²) in [7, 11) is 0. The number of anilines is 2. The molecule has 4 rings (SSSR count). The predicted molar refractivity (Wildman–Crippen MR) is 118 cm³/mol. The average Bonchev–Trinajstić information content (AvgIpc) is 3.28. The second-order valence-corrected chi connectivity index (χ2v) is 7.14. The molecule has 2 amide bonds. The zero-order chi connectivity index (χ0) is 23.4. The van der Waals surface area contributed by atoms with Crippen LogP contribution < -0.4 is 15.4 Å². The Balaban J connectivity index is 1.33. The first-order valence-electron chi connectivity index (χ1n) is 9.87. The van der Waals surface area contributed by atoms with Crippen LogP contribution in [-0.2, 0) is 11.0 Å². The van der Waals surface area contributed by atoms with Crippen molar-refractivity contribution in [2.75, 3.05) is 17.2 Å². The average molecular weight is 453 g/mol. The molecule has 0 unspecified atom stereocenters. The van der Waals surface area contributed by atoms with Gasteiger partial charge in [-0.3, -0.25) is 9.59 Å². The predicted octanol–water partition coefficient (Wildman–Crippen LogP) is 5.46. The molecule has 0 bridgehead atoms. The van der Waals surface area contributed by atoms with Crippen molar-refractivity contribution in [2.24, 2.45) is 0 Å². The van der Waals surface area contributed by atoms with Crippen LogP contribution in [-0.4, -0.2) is 23.4 Å². The lowest BCUT2D eigenvalue weighted by molar-refractivity contribution is -0.137. The van der Waals surface area contributed by atoms with Crippen LogP contribution >= 0.6 is 0 Å². The first kappa shape index (κ1) is 21.9. The second kappa shape index (κ2) is 9.07. The van der Waals surface area contributed by atoms with E-state index in [1.54, 1.807) is 24.4 Å². The normalized spacial score (nSPS) is 11.2. The fourth-order valence-corrected chi connectivity index (χ4v) is 3.21. The van der Waals surface area contributed by atoms with Gasteiger partial charge in [-0.1, -0.05) is 12.1 Å². The molecule has 0 aliphatic carbocycles. The van der Waals surface area contributed by atoms with Crippen molar-refractivity contribution in [3.63, 3.8) is 0 Å². The van der Waals surface area contributed by atoms with Gasteiger partial charge in [0, 0.05) is 28.4 Å². The maximum absolute atomic E-state index is 12.8. The standard InChI is InChI=1S/C24H18F3N3O3/c25-24(26,27)16-3-1-4-17(13-16)29-22(31)14-33-18-9-7-15(8-10-18)23(32)30-21-6-2-5-20-19(21)11-12-28-20/h1-13,28H,14H2,(H,29,31)(H,30,32). The summed E-state index contributed by atoms with van der Waals surface area (Å²) < 4.78 is 43.7. The summed E-state index contributed by atoms with van der Waals surface area (Å²) in [6.45, 7) is -0.405. The maximum atomic E-state index is 12.8. The van der Waals surface area contributed by atoms with E-state index in [2.05, 4.69) is 15.6 Å². The molecule has 3 aromatic carbocycles. The molecule has 0 fully saturated rings. The number of fused-ring (bicyclic) bond motifs is 1. The van der Waals surface area contributed by atoms with Crippen molar-refractivity contribution >= 4 is 34.1 Å². The number of benzene rings is 3. The fourth-order valence-electron chi connectivity index (χ4n) is 3.21. The van der Waals surface area contributed by atoms with Gasteiger partial charge in [0.2, 0.25) is 0 Å². The van der Waals surface area contributed by atoms with E-state index in [4.69, 9.17) is 4.74 Å². The first-order chi connectivity index (χ1) is 15.8. The molecule has 0 aliphatic heterocycles. The van der Waals surface area contributed by atoms with Gasteiger partial charge in [0.15, 0.2) is 6.61 Å². The SMILES string of the molecule is O=C(COc1ccc(C(=O)Nc2cccc3[nH]ccc23)cc1)Nc1cccc(C(F)(F)F)c1. The quantitative estimate of drug-likeness (QED) is 0.363. The summed E-state index contributed by atoms with van der Waals surface area (Å²) >= 11 is 0. The van der Waals surface area contributed by atoms with Gasteiger partial charge in [-0.15, -0.1) is 0 Å². The van der Waals surface area contributed by atoms with Crippen LogP contribution in [0.25, 0.3) is 10.9 Å². The number of alkyl halides is 3. The third kappa shape index (κ3) is 5.32. The van der Waals surface area contributed by atoms with Gasteiger partial charge >= 0.3 is 6.18 Å². The Kier molecular flexibility index (Phi) is 6.03. The number of ether oxygens (including phenoxy) is 1. The zero-order valence-electron chi connectivity index (χ0n) is 17.1. The van der Waals surface area contributed by atoms with Crippen LogP contribution in [0.2, 0.25) is 0 Å². The molecule has 6 nitrogen and oxygen atoms in total. The number of rotatable bonds is 6. The second-order valence-electron chi connectivity index (χ2n) is 7.14. The third-order valence-corrected chi connectivity index (χ3v) is 4.80. The van der Waals surface area contributed by atoms with Crippen molar-refractivity contribution in [2.45, 2.75) is 6.18 Å². The van der Waals surface area contributed by atoms with Crippen LogP contribution in [0.5, 0.6) is 5.75 Å². The molecule has 9 heteroatoms. The molecular weight excluding hydrogens is 435 g/mol. The van der Waals surface area contributed by atoms with E-state index in [0.717, 1.165) is 23.0 Å². The molecule has 0 aliphatic rings. The van der Waals surface area contributed by atoms with Crippen molar-refractivity contribution < 1.29 is 27.5 Å². The van der Waals surface area contributed by atoms with E-state index in [1.165, 1.54) is 24.3 Å². The summed E-state index contributed by atoms with van der Waals surface area (Å²) in [6, 6.07) is 17.9. The Hall–Kier alpha value is -4.27. The van der Waals surface area contributed by atoms with Gasteiger partial charge in [0.25, 0.3) is 11.8 Å². The van der Waals surface area contributed by atoms with Crippen LogP contribution in [0.4, 0.5) is 24.5 Å². The number of carbonyl (C=O) groups excluding carboxylic acids is 2. The number of hydrogen-bond acceptors (Lipinski definition) is 3. The molecule has 0 atom stereocenters. The minimum absolute atomic E-state index is 0.0166. The van der Waals surface area contributed by atoms with Gasteiger partial charge in [-0.2, -0.15) is 13.2 Å². The van der Waals surface area contributed by atoms with Gasteiger partial charge in [-0.25, -0.2) is 0 Å². The number of carbonyl (C=O) groups is 2. The number of hydrogen-bond donors (Lipinski definition) is 3. The van der Waals surface area contributed by atoms with E-state index in [-0.39, 0.29) is 11.6 Å². The van der Waals surface area contributed by atoms with E-state index in [0.29, 0.717) is 17.0 Å². The summed E-state index contributed by atoms with van der Waals surface area (Å²) in [4.78, 5) is 27.7. The van der Waals surface area contributed by atoms with Gasteiger partial charge in [-0.05, 0) is 60.7 Å². The Labute approximate surface area is 186 Å². The van der Waals surface area contributed by atoms with Crippen LogP contribution in [0.1, 0.15) is 15.9 Å². The molecule has 0 saturated heterocycles. The molecule has 33 heavy (non-hydrogen) atoms. The minimum Gasteiger partial charge on any atom is -0.484 e. The highest BCUT2D eigenvalue weighted by Crippen LogP contribution is 2.30. The van der Waals surface area contributed by atoms with Crippen molar-refractivity contribution in [1.29, 1.82) is 0 Å². The summed E-state index contributed by atoms with van der Waals surface area (Å²) in [5.74, 6) is -0.591. The van der Waals surface area contributed by atoms with E-state index >= 15 is 0 Å². The summed E-state index contributed by atoms with van der Waals surface area (Å²) in [6.07, 6.45) is -2.71. The van der Waals surface area contributed by atoms with Crippen molar-refractivity contribution in [3.05, 3.63) is 90.1 Å². The lowest BCUT2D eigenvalue weighted by Gasteiger charge is -2.11. The van der Waals surface area contributed by atoms with Gasteiger partial charge < -0.3 is 20.4 Å². The summed E-state index contributed by atoms with van der Waals surface area (Å²) in [5.41, 5.74) is 1.12. The van der Waals surface area contributed by atoms with E-state index < -0.39 is 24.3 Å². The van der Waals surface area contributed by atoms with Crippen LogP contribution in [0.15, 0.2) is 79.0 Å². The Morgan fingerprint density at radius 2 is 1.67 bits per heavy atom. The molecule has 3 N–H and O–H groups in total. The number of H-pyrrole nitrogens is 1. The Morgan fingerprint density at radius 1 is 0.909 bits per heavy atom. The molecule has 0 spiro atoms. The minimum atomic E-state index is -4.50. The topological polar surface area (TPSA) is 83.2 Å². The molecule has 0 saturated carbocycles. The lowest BCUT2D eigenvalue weighted by Crippen LogP contribution is -2.20. The number of amides is 2. The zero-order valence-corrected chi connectivity index (χ0v) is 17.1. The van der Waals surface area contributed by atoms with Crippen molar-refractivity contribution in [3.8, 4) is 5.75 Å². The molecule has 0 radical (unpaired) electrons. The van der Waals surface area contributed by atoms with Gasteiger partial charge in [0.1, 0.15) is 5.75 Å². The molecular formula is C24H18F3N3O3. The first-order valence-corrected chi connectivity index (χ1v) is 9.87. The van der Waals surface area contributed by atoms with Crippen LogP contribution in [0, 0.1) is 0 Å². The molecule has 4 aromatic rings. The highest BCUT2D eigenvalue weighted by atomic mass is 19.4. The maximum Gasteiger partial charge on any atom is 0.416 e. The summed E-state index contributed by atoms with van der Waals surface area (Å²) in [5, 5.41) is 6.11. The smallest absolute Gasteiger partial charge is 0.416 e. The monoisotopic (exact) mass is 453 g/mol. The van der Waals surface area contributed by atoms with Crippen molar-refractivity contribution in [1.82, 2.24) is 4.98 Å². The van der Waals surface area contributed by atoms with Crippen LogP contribution in [0.3, 0.4) is 0 Å². The number of nitrogens with one attached hydrogen (secondary N) is 3. The molecule has 1 aromatic heterocycles. The highest BCUT2D eigenvalue weighted by Gasteiger charge is 2.30. The largest absolute Gasteiger partial charge is 0.484 e. The third-order valence-electron chi connectivity index (χ3n) is 4.80. The Morgan fingerprint density at radius 3 is 2.42 bits per heavy atom.